The summed E-state index contributed by atoms with van der Waals surface area (Å²) in [5.41, 5.74) is 7.98. The van der Waals surface area contributed by atoms with E-state index in [4.69, 9.17) is 0 Å². The minimum Gasteiger partial charge on any atom is -0.507 e. The summed E-state index contributed by atoms with van der Waals surface area (Å²) in [5.74, 6) is 0.293. The molecule has 0 amide bonds. The standard InChI is InChI=1S/C32H28N2O/c1-21-16-22(2)32(23(3)17-21)34-15-14-33(20-34)29-19-26-10-5-4-9-25(26)18-28(29)31-27-11-7-6-8-24(27)12-13-30(31)35/h4-13,16-19,35H,14-15H2,1-3H3. The van der Waals surface area contributed by atoms with Gasteiger partial charge in [-0.05, 0) is 71.6 Å². The number of nitrogens with zero attached hydrogens (tertiary/aromatic N) is 2. The van der Waals surface area contributed by atoms with E-state index in [0.717, 1.165) is 46.1 Å². The molecule has 1 aliphatic rings. The van der Waals surface area contributed by atoms with Gasteiger partial charge in [-0.2, -0.15) is 0 Å². The number of hydrogen-bond donors (Lipinski definition) is 1. The minimum absolute atomic E-state index is 0.293. The maximum Gasteiger partial charge on any atom is 0.208 e. The van der Waals surface area contributed by atoms with Gasteiger partial charge in [0, 0.05) is 35.6 Å². The second kappa shape index (κ2) is 8.35. The van der Waals surface area contributed by atoms with E-state index in [2.05, 4.69) is 97.9 Å². The highest BCUT2D eigenvalue weighted by atomic mass is 16.3. The van der Waals surface area contributed by atoms with Gasteiger partial charge in [-0.25, -0.2) is 0 Å². The van der Waals surface area contributed by atoms with Crippen molar-refractivity contribution in [3.63, 3.8) is 0 Å². The van der Waals surface area contributed by atoms with Crippen LogP contribution < -0.4 is 9.80 Å². The lowest BCUT2D eigenvalue weighted by molar-refractivity contribution is 0.478. The van der Waals surface area contributed by atoms with Crippen molar-refractivity contribution in [2.45, 2.75) is 20.8 Å². The molecule has 2 radical (unpaired) electrons. The van der Waals surface area contributed by atoms with Crippen LogP contribution in [0.4, 0.5) is 11.4 Å². The summed E-state index contributed by atoms with van der Waals surface area (Å²) >= 11 is 0. The van der Waals surface area contributed by atoms with Crippen LogP contribution in [0, 0.1) is 27.4 Å². The van der Waals surface area contributed by atoms with Crippen molar-refractivity contribution >= 4 is 32.9 Å². The van der Waals surface area contributed by atoms with Crippen LogP contribution in [-0.2, 0) is 0 Å². The molecular formula is C32H28N2O. The van der Waals surface area contributed by atoms with Gasteiger partial charge in [-0.1, -0.05) is 72.3 Å². The molecule has 0 bridgehead atoms. The van der Waals surface area contributed by atoms with Crippen LogP contribution in [0.5, 0.6) is 5.75 Å². The Morgan fingerprint density at radius 1 is 0.686 bits per heavy atom. The first-order chi connectivity index (χ1) is 17.0. The summed E-state index contributed by atoms with van der Waals surface area (Å²) in [5, 5.41) is 15.6. The van der Waals surface area contributed by atoms with Crippen LogP contribution in [0.3, 0.4) is 0 Å². The Morgan fingerprint density at radius 2 is 1.31 bits per heavy atom. The first-order valence-electron chi connectivity index (χ1n) is 12.1. The van der Waals surface area contributed by atoms with Crippen LogP contribution in [0.1, 0.15) is 16.7 Å². The van der Waals surface area contributed by atoms with Gasteiger partial charge < -0.3 is 14.9 Å². The van der Waals surface area contributed by atoms with Crippen molar-refractivity contribution in [1.29, 1.82) is 0 Å². The maximum atomic E-state index is 11.1. The van der Waals surface area contributed by atoms with Crippen LogP contribution in [0.25, 0.3) is 32.7 Å². The smallest absolute Gasteiger partial charge is 0.208 e. The summed E-state index contributed by atoms with van der Waals surface area (Å²) in [6, 6.07) is 29.4. The molecule has 1 saturated heterocycles. The highest BCUT2D eigenvalue weighted by Crippen LogP contribution is 2.44. The lowest BCUT2D eigenvalue weighted by Crippen LogP contribution is -2.20. The number of aryl methyl sites for hydroxylation is 3. The number of fused-ring (bicyclic) bond motifs is 2. The van der Waals surface area contributed by atoms with Crippen LogP contribution in [0.15, 0.2) is 84.9 Å². The van der Waals surface area contributed by atoms with Gasteiger partial charge in [0.15, 0.2) is 0 Å². The van der Waals surface area contributed by atoms with E-state index in [-0.39, 0.29) is 0 Å². The van der Waals surface area contributed by atoms with Gasteiger partial charge in [-0.3, -0.25) is 0 Å². The first kappa shape index (κ1) is 21.5. The van der Waals surface area contributed by atoms with Gasteiger partial charge in [0.05, 0.1) is 0 Å². The number of anilines is 2. The van der Waals surface area contributed by atoms with E-state index >= 15 is 0 Å². The van der Waals surface area contributed by atoms with E-state index < -0.39 is 0 Å². The zero-order valence-corrected chi connectivity index (χ0v) is 20.3. The molecule has 3 heteroatoms. The molecule has 0 spiro atoms. The fourth-order valence-electron chi connectivity index (χ4n) is 5.57. The topological polar surface area (TPSA) is 26.7 Å². The number of phenols is 1. The van der Waals surface area contributed by atoms with Gasteiger partial charge in [-0.15, -0.1) is 0 Å². The number of rotatable bonds is 3. The molecule has 1 heterocycles. The maximum absolute atomic E-state index is 11.1. The van der Waals surface area contributed by atoms with E-state index in [1.807, 2.05) is 18.2 Å². The zero-order valence-electron chi connectivity index (χ0n) is 20.3. The monoisotopic (exact) mass is 456 g/mol. The van der Waals surface area contributed by atoms with Gasteiger partial charge in [0.25, 0.3) is 0 Å². The fraction of sp³-hybridized carbons (Fsp3) is 0.156. The molecule has 0 aliphatic carbocycles. The minimum atomic E-state index is 0.293. The normalized spacial score (nSPS) is 13.8. The Labute approximate surface area is 206 Å². The fourth-order valence-corrected chi connectivity index (χ4v) is 5.57. The number of benzene rings is 5. The molecule has 6 rings (SSSR count). The van der Waals surface area contributed by atoms with Crippen molar-refractivity contribution in [3.8, 4) is 16.9 Å². The van der Waals surface area contributed by atoms with Crippen molar-refractivity contribution in [3.05, 3.63) is 108 Å². The summed E-state index contributed by atoms with van der Waals surface area (Å²) in [4.78, 5) is 4.45. The molecule has 0 unspecified atom stereocenters. The lowest BCUT2D eigenvalue weighted by Gasteiger charge is -2.25. The third-order valence-electron chi connectivity index (χ3n) is 7.03. The van der Waals surface area contributed by atoms with Crippen LogP contribution in [-0.4, -0.2) is 18.2 Å². The predicted molar refractivity (Wildman–Crippen MR) is 147 cm³/mol. The second-order valence-electron chi connectivity index (χ2n) is 9.55. The van der Waals surface area contributed by atoms with E-state index in [1.54, 1.807) is 6.07 Å². The molecule has 172 valence electrons. The lowest BCUT2D eigenvalue weighted by atomic mass is 9.93. The number of aromatic hydroxyl groups is 1. The van der Waals surface area contributed by atoms with E-state index in [9.17, 15) is 5.11 Å². The molecular weight excluding hydrogens is 428 g/mol. The van der Waals surface area contributed by atoms with Crippen molar-refractivity contribution in [2.75, 3.05) is 22.9 Å². The summed E-state index contributed by atoms with van der Waals surface area (Å²) in [6.07, 6.45) is 0. The molecule has 1 N–H and O–H groups in total. The van der Waals surface area contributed by atoms with E-state index in [1.165, 1.54) is 27.8 Å². The molecule has 0 saturated carbocycles. The molecule has 5 aromatic rings. The van der Waals surface area contributed by atoms with Gasteiger partial charge in [0.2, 0.25) is 6.67 Å². The molecule has 1 aliphatic heterocycles. The molecule has 3 nitrogen and oxygen atoms in total. The van der Waals surface area contributed by atoms with Crippen LogP contribution in [0.2, 0.25) is 0 Å². The molecule has 1 fully saturated rings. The first-order valence-corrected chi connectivity index (χ1v) is 12.1. The van der Waals surface area contributed by atoms with Gasteiger partial charge >= 0.3 is 0 Å². The van der Waals surface area contributed by atoms with Crippen molar-refractivity contribution in [2.24, 2.45) is 0 Å². The Bertz CT molecular complexity index is 1560. The number of hydrogen-bond acceptors (Lipinski definition) is 3. The third kappa shape index (κ3) is 3.68. The quantitative estimate of drug-likeness (QED) is 0.303. The largest absolute Gasteiger partial charge is 0.507 e. The molecule has 0 atom stereocenters. The third-order valence-corrected chi connectivity index (χ3v) is 7.03. The molecule has 0 aromatic heterocycles. The average Bonchev–Trinajstić information content (AvgIpc) is 3.32. The predicted octanol–water partition coefficient (Wildman–Crippen LogP) is 7.61. The Kier molecular flexibility index (Phi) is 5.14. The van der Waals surface area contributed by atoms with Crippen LogP contribution >= 0.6 is 0 Å². The highest BCUT2D eigenvalue weighted by Gasteiger charge is 2.28. The Balaban J connectivity index is 1.51. The van der Waals surface area contributed by atoms with Crippen molar-refractivity contribution in [1.82, 2.24) is 0 Å². The molecule has 35 heavy (non-hydrogen) atoms. The zero-order chi connectivity index (χ0) is 24.1. The summed E-state index contributed by atoms with van der Waals surface area (Å²) < 4.78 is 0. The van der Waals surface area contributed by atoms with E-state index in [0.29, 0.717) is 5.75 Å². The summed E-state index contributed by atoms with van der Waals surface area (Å²) in [6.45, 7) is 11.8. The molecule has 5 aromatic carbocycles. The second-order valence-corrected chi connectivity index (χ2v) is 9.55. The Morgan fingerprint density at radius 3 is 2.06 bits per heavy atom. The summed E-state index contributed by atoms with van der Waals surface area (Å²) in [7, 11) is 0. The average molecular weight is 457 g/mol. The van der Waals surface area contributed by atoms with Gasteiger partial charge in [0.1, 0.15) is 5.75 Å². The Hall–Kier alpha value is -3.98. The van der Waals surface area contributed by atoms with Crippen molar-refractivity contribution < 1.29 is 5.11 Å². The SMILES string of the molecule is Cc1cc(C)c(N2[C]N(c3cc4ccccc4cc3-c3c(O)ccc4ccccc34)CC2)c(C)c1. The number of phenolic OH excluding ortho intramolecular Hbond substituents is 1. The highest BCUT2D eigenvalue weighted by molar-refractivity contribution is 6.06.